The highest BCUT2D eigenvalue weighted by atomic mass is 127. The smallest absolute Gasteiger partial charge is 0.426 e. The summed E-state index contributed by atoms with van der Waals surface area (Å²) in [6.45, 7) is 4.59. The van der Waals surface area contributed by atoms with E-state index in [0.29, 0.717) is 0 Å². The summed E-state index contributed by atoms with van der Waals surface area (Å²) in [7, 11) is 0. The van der Waals surface area contributed by atoms with Gasteiger partial charge in [0.1, 0.15) is 65.2 Å². The predicted molar refractivity (Wildman–Crippen MR) is 312 cm³/mol. The molecule has 24 heteroatoms. The van der Waals surface area contributed by atoms with Crippen molar-refractivity contribution in [2.75, 3.05) is 0 Å². The molecule has 2 nitrogen and oxygen atoms in total. The summed E-state index contributed by atoms with van der Waals surface area (Å²) in [5, 5.41) is 0. The lowest BCUT2D eigenvalue weighted by molar-refractivity contribution is -0.636. The van der Waals surface area contributed by atoms with Gasteiger partial charge in [0, 0.05) is 23.3 Å². The lowest BCUT2D eigenvalue weighted by atomic mass is 9.12. The van der Waals surface area contributed by atoms with Gasteiger partial charge in [0.2, 0.25) is 0 Å². The number of hydrogen-bond acceptors (Lipinski definition) is 2. The van der Waals surface area contributed by atoms with Crippen molar-refractivity contribution in [1.29, 1.82) is 0 Å². The van der Waals surface area contributed by atoms with Gasteiger partial charge < -0.3 is 8.83 Å². The van der Waals surface area contributed by atoms with Crippen LogP contribution in [0.1, 0.15) is 218 Å². The summed E-state index contributed by atoms with van der Waals surface area (Å²) in [6.07, 6.45) is 47.7. The minimum atomic E-state index is -7.22. The average Bonchev–Trinajstić information content (AvgIpc) is 0.777. The fourth-order valence-electron chi connectivity index (χ4n) is 11.2. The normalized spacial score (nSPS) is 12.0. The molecule has 0 bridgehead atoms. The first-order chi connectivity index (χ1) is 44.0. The van der Waals surface area contributed by atoms with Gasteiger partial charge in [-0.3, -0.25) is 0 Å². The number of unbranched alkanes of at least 4 members (excludes halogenated alkanes) is 28. The van der Waals surface area contributed by atoms with Crippen LogP contribution in [0.3, 0.4) is 0 Å². The predicted octanol–water partition coefficient (Wildman–Crippen LogP) is 18.6. The SMILES string of the molecule is CCCCCCCCCCCCCCCCC=Cc1coc([I+]c2cc(C=CCCCCCCCCCCCCCCCC)co2)c1.Fc1c(F)c(F)c([B-](c2c(F)c(F)c(F)c(F)c2F)(c2c(F)c(F)c(F)c(F)c2F)c2c(F)c(F)c(F)c(F)c2F)c(F)c1F. The van der Waals surface area contributed by atoms with Crippen molar-refractivity contribution in [1.82, 2.24) is 0 Å². The van der Waals surface area contributed by atoms with Crippen molar-refractivity contribution in [3.05, 3.63) is 172 Å². The topological polar surface area (TPSA) is 26.3 Å². The molecule has 0 spiro atoms. The van der Waals surface area contributed by atoms with Gasteiger partial charge in [-0.2, -0.15) is 0 Å². The van der Waals surface area contributed by atoms with Crippen LogP contribution in [0.5, 0.6) is 0 Å². The highest BCUT2D eigenvalue weighted by molar-refractivity contribution is 7.20. The van der Waals surface area contributed by atoms with E-state index in [2.05, 4.69) is 50.3 Å². The van der Waals surface area contributed by atoms with E-state index in [-0.39, 0.29) is 0 Å². The Balaban J connectivity index is 0.000000334. The summed E-state index contributed by atoms with van der Waals surface area (Å²) >= 11 is -0.413. The third-order valence-corrected chi connectivity index (χ3v) is 18.3. The monoisotopic (exact) mass is 1440 g/mol. The van der Waals surface area contributed by atoms with Crippen LogP contribution in [-0.4, -0.2) is 6.15 Å². The summed E-state index contributed by atoms with van der Waals surface area (Å²) in [5.41, 5.74) is -12.0. The van der Waals surface area contributed by atoms with Crippen molar-refractivity contribution in [2.45, 2.75) is 206 Å². The first kappa shape index (κ1) is 77.0. The second kappa shape index (κ2) is 38.6. The maximum atomic E-state index is 15.4. The zero-order chi connectivity index (χ0) is 67.7. The minimum absolute atomic E-state index is 0.413. The molecular formula is C68H74BF20IO2. The van der Waals surface area contributed by atoms with Gasteiger partial charge in [0.15, 0.2) is 69.8 Å². The van der Waals surface area contributed by atoms with E-state index in [9.17, 15) is 52.7 Å². The van der Waals surface area contributed by atoms with E-state index in [1.165, 1.54) is 204 Å². The number of rotatable bonds is 38. The van der Waals surface area contributed by atoms with Crippen molar-refractivity contribution in [3.8, 4) is 0 Å². The summed E-state index contributed by atoms with van der Waals surface area (Å²) in [4.78, 5) is 0. The molecule has 0 fully saturated rings. The molecule has 4 aromatic carbocycles. The first-order valence-electron chi connectivity index (χ1n) is 31.4. The Labute approximate surface area is 533 Å². The van der Waals surface area contributed by atoms with Gasteiger partial charge in [-0.25, -0.2) is 87.8 Å². The molecule has 6 aromatic rings. The molecule has 0 amide bonds. The fraction of sp³-hybridized carbons (Fsp3) is 0.471. The van der Waals surface area contributed by atoms with Crippen LogP contribution in [0.25, 0.3) is 12.2 Å². The maximum absolute atomic E-state index is 15.4. The Kier molecular flexibility index (Phi) is 32.3. The zero-order valence-corrected chi connectivity index (χ0v) is 53.3. The van der Waals surface area contributed by atoms with Crippen molar-refractivity contribution in [3.63, 3.8) is 0 Å². The fourth-order valence-corrected chi connectivity index (χ4v) is 13.3. The Hall–Kier alpha value is -5.69. The van der Waals surface area contributed by atoms with E-state index >= 15 is 35.1 Å². The van der Waals surface area contributed by atoms with Crippen molar-refractivity contribution in [2.24, 2.45) is 0 Å². The van der Waals surface area contributed by atoms with Gasteiger partial charge in [0.05, 0.1) is 0 Å². The quantitative estimate of drug-likeness (QED) is 0.00964. The largest absolute Gasteiger partial charge is 0.443 e. The lowest BCUT2D eigenvalue weighted by Gasteiger charge is -2.44. The first-order valence-corrected chi connectivity index (χ1v) is 33.6. The molecule has 0 atom stereocenters. The Bertz CT molecular complexity index is 2920. The van der Waals surface area contributed by atoms with Crippen LogP contribution in [0, 0.1) is 124 Å². The van der Waals surface area contributed by atoms with Crippen LogP contribution >= 0.6 is 0 Å². The second-order valence-corrected chi connectivity index (χ2v) is 25.5. The summed E-state index contributed by atoms with van der Waals surface area (Å²) < 4.78 is 308. The van der Waals surface area contributed by atoms with E-state index in [4.69, 9.17) is 8.83 Å². The van der Waals surface area contributed by atoms with Crippen LogP contribution in [0.15, 0.2) is 45.6 Å². The van der Waals surface area contributed by atoms with E-state index in [1.54, 1.807) is 0 Å². The maximum Gasteiger partial charge on any atom is 0.443 e. The van der Waals surface area contributed by atoms with E-state index in [1.807, 2.05) is 12.5 Å². The second-order valence-electron chi connectivity index (χ2n) is 22.8. The molecule has 2 heterocycles. The number of furan rings is 2. The third kappa shape index (κ3) is 19.7. The molecule has 0 unspecified atom stereocenters. The van der Waals surface area contributed by atoms with Gasteiger partial charge in [-0.1, -0.05) is 205 Å². The van der Waals surface area contributed by atoms with E-state index < -0.39 is 166 Å². The molecule has 0 saturated heterocycles. The van der Waals surface area contributed by atoms with Gasteiger partial charge >= 0.3 is 28.7 Å². The van der Waals surface area contributed by atoms with Gasteiger partial charge in [-0.15, -0.1) is 21.9 Å². The molecule has 6 rings (SSSR count). The molecule has 0 aliphatic rings. The summed E-state index contributed by atoms with van der Waals surface area (Å²) in [6, 6.07) is 4.39. The number of halogens is 21. The molecule has 0 N–H and O–H groups in total. The van der Waals surface area contributed by atoms with Crippen LogP contribution in [0.2, 0.25) is 0 Å². The van der Waals surface area contributed by atoms with Crippen LogP contribution in [0.4, 0.5) is 87.8 Å². The molecule has 508 valence electrons. The third-order valence-electron chi connectivity index (χ3n) is 16.1. The van der Waals surface area contributed by atoms with Crippen LogP contribution in [-0.2, 0) is 0 Å². The standard InChI is InChI=1S/C44H74IO2.C24BF20/c1-3-5-7-9-11-13-15-17-19-21-23-25-27-29-31-33-35-41-37-43(46-39-41)45-44-38-42(40-47-44)36-34-32-30-28-26-24-22-20-18-16-14-12-10-8-6-4-2;26-5-1(6(27)14(35)21(42)13(5)34)25(2-7(28)15(36)22(43)16(37)8(2)29,3-9(30)17(38)23(44)18(39)10(3)31)4-11(32)19(40)24(45)20(41)12(4)33/h33-40H,3-32H2,1-2H3;/q+1;-1. The van der Waals surface area contributed by atoms with Crippen molar-refractivity contribution >= 4 is 40.1 Å². The number of allylic oxidation sites excluding steroid dienone is 2. The number of hydrogen-bond donors (Lipinski definition) is 0. The summed E-state index contributed by atoms with van der Waals surface area (Å²) in [5.74, 6) is -71.4. The van der Waals surface area contributed by atoms with Crippen molar-refractivity contribution < 1.29 is 118 Å². The average molecular weight is 1440 g/mol. The lowest BCUT2D eigenvalue weighted by Crippen LogP contribution is -3.61. The zero-order valence-electron chi connectivity index (χ0n) is 51.2. The molecule has 92 heavy (non-hydrogen) atoms. The highest BCUT2D eigenvalue weighted by Crippen LogP contribution is 2.31. The van der Waals surface area contributed by atoms with Gasteiger partial charge in [-0.05, 0) is 25.7 Å². The highest BCUT2D eigenvalue weighted by Gasteiger charge is 2.52. The minimum Gasteiger partial charge on any atom is -0.426 e. The molecule has 0 saturated carbocycles. The Morgan fingerprint density at radius 2 is 0.457 bits per heavy atom. The molecule has 2 aromatic heterocycles. The Morgan fingerprint density at radius 3 is 0.663 bits per heavy atom. The van der Waals surface area contributed by atoms with Crippen LogP contribution < -0.4 is 43.1 Å². The Morgan fingerprint density at radius 1 is 0.272 bits per heavy atom. The van der Waals surface area contributed by atoms with E-state index in [0.717, 1.165) is 7.53 Å². The number of benzene rings is 4. The van der Waals surface area contributed by atoms with Gasteiger partial charge in [0.25, 0.3) is 0 Å². The molecule has 0 radical (unpaired) electrons. The molecular weight excluding hydrogens is 1370 g/mol. The molecule has 0 aliphatic carbocycles. The molecule has 0 aliphatic heterocycles.